The van der Waals surface area contributed by atoms with E-state index in [1.807, 2.05) is 13.0 Å². The third kappa shape index (κ3) is 2.02. The lowest BCUT2D eigenvalue weighted by atomic mass is 10.1. The Bertz CT molecular complexity index is 458. The standard InChI is InChI=1S/C10H11FN4/c1-6-2-7(4-8(11)3-6)10-13-9(5-12)14-15-10/h2-4H,5,12H2,1H3,(H,13,14,15). The highest BCUT2D eigenvalue weighted by Crippen LogP contribution is 2.17. The average Bonchev–Trinajstić information content (AvgIpc) is 2.64. The first-order valence-electron chi connectivity index (χ1n) is 4.58. The van der Waals surface area contributed by atoms with Gasteiger partial charge in [0.25, 0.3) is 0 Å². The number of rotatable bonds is 2. The number of aromatic nitrogens is 3. The van der Waals surface area contributed by atoms with Gasteiger partial charge in [0.2, 0.25) is 0 Å². The number of hydrogen-bond donors (Lipinski definition) is 2. The van der Waals surface area contributed by atoms with Crippen molar-refractivity contribution >= 4 is 0 Å². The first-order chi connectivity index (χ1) is 7.19. The van der Waals surface area contributed by atoms with Gasteiger partial charge in [0.05, 0.1) is 6.54 Å². The Balaban J connectivity index is 2.44. The molecule has 0 aliphatic carbocycles. The van der Waals surface area contributed by atoms with Gasteiger partial charge in [0.15, 0.2) is 5.82 Å². The summed E-state index contributed by atoms with van der Waals surface area (Å²) in [6.45, 7) is 2.12. The van der Waals surface area contributed by atoms with Crippen molar-refractivity contribution in [3.8, 4) is 11.4 Å². The number of hydrogen-bond acceptors (Lipinski definition) is 3. The molecular formula is C10H11FN4. The van der Waals surface area contributed by atoms with Crippen LogP contribution in [0.1, 0.15) is 11.4 Å². The van der Waals surface area contributed by atoms with Gasteiger partial charge in [-0.1, -0.05) is 0 Å². The van der Waals surface area contributed by atoms with E-state index in [1.165, 1.54) is 12.1 Å². The average molecular weight is 206 g/mol. The number of H-pyrrole nitrogens is 1. The van der Waals surface area contributed by atoms with Crippen molar-refractivity contribution in [2.24, 2.45) is 5.73 Å². The van der Waals surface area contributed by atoms with Gasteiger partial charge in [0, 0.05) is 5.56 Å². The van der Waals surface area contributed by atoms with Gasteiger partial charge in [-0.15, -0.1) is 0 Å². The van der Waals surface area contributed by atoms with Gasteiger partial charge in [-0.3, -0.25) is 5.10 Å². The molecule has 0 spiro atoms. The van der Waals surface area contributed by atoms with Crippen LogP contribution in [0.5, 0.6) is 0 Å². The summed E-state index contributed by atoms with van der Waals surface area (Å²) in [5.41, 5.74) is 6.89. The minimum atomic E-state index is -0.288. The second-order valence-electron chi connectivity index (χ2n) is 3.33. The summed E-state index contributed by atoms with van der Waals surface area (Å²) in [7, 11) is 0. The lowest BCUT2D eigenvalue weighted by Gasteiger charge is -1.98. The lowest BCUT2D eigenvalue weighted by Crippen LogP contribution is -1.97. The molecule has 0 fully saturated rings. The molecule has 0 aliphatic rings. The number of benzene rings is 1. The number of nitrogens with two attached hydrogens (primary N) is 1. The fourth-order valence-corrected chi connectivity index (χ4v) is 1.38. The van der Waals surface area contributed by atoms with Crippen LogP contribution in [0.15, 0.2) is 18.2 Å². The zero-order valence-corrected chi connectivity index (χ0v) is 8.29. The molecule has 1 heterocycles. The van der Waals surface area contributed by atoms with E-state index in [0.29, 0.717) is 23.8 Å². The number of nitrogens with one attached hydrogen (secondary N) is 1. The number of nitrogens with zero attached hydrogens (tertiary/aromatic N) is 2. The summed E-state index contributed by atoms with van der Waals surface area (Å²) in [4.78, 5) is 4.12. The zero-order valence-electron chi connectivity index (χ0n) is 8.29. The lowest BCUT2D eigenvalue weighted by molar-refractivity contribution is 0.627. The van der Waals surface area contributed by atoms with Crippen molar-refractivity contribution in [1.29, 1.82) is 0 Å². The summed E-state index contributed by atoms with van der Waals surface area (Å²) in [5.74, 6) is 0.772. The number of aryl methyl sites for hydroxylation is 1. The Hall–Kier alpha value is -1.75. The molecule has 0 unspecified atom stereocenters. The first-order valence-corrected chi connectivity index (χ1v) is 4.58. The molecule has 0 radical (unpaired) electrons. The molecule has 1 aromatic heterocycles. The summed E-state index contributed by atoms with van der Waals surface area (Å²) in [6, 6.07) is 4.68. The third-order valence-electron chi connectivity index (χ3n) is 2.03. The third-order valence-corrected chi connectivity index (χ3v) is 2.03. The SMILES string of the molecule is Cc1cc(F)cc(-c2n[nH]c(CN)n2)c1. The van der Waals surface area contributed by atoms with Crippen molar-refractivity contribution in [3.63, 3.8) is 0 Å². The fourth-order valence-electron chi connectivity index (χ4n) is 1.38. The van der Waals surface area contributed by atoms with E-state index in [0.717, 1.165) is 5.56 Å². The molecule has 5 heteroatoms. The molecule has 1 aromatic carbocycles. The van der Waals surface area contributed by atoms with E-state index in [4.69, 9.17) is 5.73 Å². The molecule has 3 N–H and O–H groups in total. The van der Waals surface area contributed by atoms with Gasteiger partial charge in [-0.25, -0.2) is 9.37 Å². The van der Waals surface area contributed by atoms with Crippen LogP contribution in [-0.2, 0) is 6.54 Å². The van der Waals surface area contributed by atoms with Gasteiger partial charge in [0.1, 0.15) is 11.6 Å². The predicted octanol–water partition coefficient (Wildman–Crippen LogP) is 1.38. The first kappa shape index (κ1) is 9.79. The minimum absolute atomic E-state index is 0.288. The molecular weight excluding hydrogens is 195 g/mol. The van der Waals surface area contributed by atoms with Crippen LogP contribution in [0.4, 0.5) is 4.39 Å². The molecule has 0 aliphatic heterocycles. The van der Waals surface area contributed by atoms with Crippen molar-refractivity contribution in [2.75, 3.05) is 0 Å². The maximum absolute atomic E-state index is 13.1. The van der Waals surface area contributed by atoms with E-state index in [1.54, 1.807) is 0 Å². The molecule has 0 bridgehead atoms. The second-order valence-corrected chi connectivity index (χ2v) is 3.33. The van der Waals surface area contributed by atoms with Gasteiger partial charge in [-0.2, -0.15) is 5.10 Å². The minimum Gasteiger partial charge on any atom is -0.324 e. The molecule has 2 rings (SSSR count). The molecule has 0 saturated carbocycles. The highest BCUT2D eigenvalue weighted by atomic mass is 19.1. The van der Waals surface area contributed by atoms with Gasteiger partial charge >= 0.3 is 0 Å². The number of aromatic amines is 1. The molecule has 0 amide bonds. The molecule has 0 atom stereocenters. The molecule has 2 aromatic rings. The van der Waals surface area contributed by atoms with E-state index in [9.17, 15) is 4.39 Å². The molecule has 4 nitrogen and oxygen atoms in total. The van der Waals surface area contributed by atoms with Crippen LogP contribution in [0.2, 0.25) is 0 Å². The maximum Gasteiger partial charge on any atom is 0.181 e. The van der Waals surface area contributed by atoms with Crippen LogP contribution in [-0.4, -0.2) is 15.2 Å². The summed E-state index contributed by atoms with van der Waals surface area (Å²) in [6.07, 6.45) is 0. The highest BCUT2D eigenvalue weighted by molar-refractivity contribution is 5.55. The van der Waals surface area contributed by atoms with E-state index >= 15 is 0 Å². The van der Waals surface area contributed by atoms with Crippen molar-refractivity contribution < 1.29 is 4.39 Å². The Kier molecular flexibility index (Phi) is 2.47. The quantitative estimate of drug-likeness (QED) is 0.780. The van der Waals surface area contributed by atoms with Crippen molar-refractivity contribution in [1.82, 2.24) is 15.2 Å². The number of halogens is 1. The van der Waals surface area contributed by atoms with Crippen molar-refractivity contribution in [2.45, 2.75) is 13.5 Å². The van der Waals surface area contributed by atoms with Crippen LogP contribution >= 0.6 is 0 Å². The highest BCUT2D eigenvalue weighted by Gasteiger charge is 2.06. The summed E-state index contributed by atoms with van der Waals surface area (Å²) < 4.78 is 13.1. The van der Waals surface area contributed by atoms with E-state index in [2.05, 4.69) is 15.2 Å². The summed E-state index contributed by atoms with van der Waals surface area (Å²) >= 11 is 0. The van der Waals surface area contributed by atoms with Crippen LogP contribution in [0.25, 0.3) is 11.4 Å². The van der Waals surface area contributed by atoms with Crippen LogP contribution in [0.3, 0.4) is 0 Å². The van der Waals surface area contributed by atoms with E-state index in [-0.39, 0.29) is 5.82 Å². The Morgan fingerprint density at radius 1 is 1.40 bits per heavy atom. The Morgan fingerprint density at radius 3 is 2.80 bits per heavy atom. The van der Waals surface area contributed by atoms with Crippen LogP contribution < -0.4 is 5.73 Å². The topological polar surface area (TPSA) is 67.6 Å². The zero-order chi connectivity index (χ0) is 10.8. The molecule has 78 valence electrons. The largest absolute Gasteiger partial charge is 0.324 e. The Morgan fingerprint density at radius 2 is 2.20 bits per heavy atom. The van der Waals surface area contributed by atoms with Crippen LogP contribution in [0, 0.1) is 12.7 Å². The monoisotopic (exact) mass is 206 g/mol. The smallest absolute Gasteiger partial charge is 0.181 e. The Labute approximate surface area is 86.3 Å². The normalized spacial score (nSPS) is 10.6. The maximum atomic E-state index is 13.1. The van der Waals surface area contributed by atoms with Crippen molar-refractivity contribution in [3.05, 3.63) is 35.4 Å². The second kappa shape index (κ2) is 3.78. The molecule has 15 heavy (non-hydrogen) atoms. The molecule has 0 saturated heterocycles. The predicted molar refractivity (Wildman–Crippen MR) is 54.4 cm³/mol. The van der Waals surface area contributed by atoms with E-state index < -0.39 is 0 Å². The van der Waals surface area contributed by atoms with Gasteiger partial charge < -0.3 is 5.73 Å². The fraction of sp³-hybridized carbons (Fsp3) is 0.200. The van der Waals surface area contributed by atoms with Gasteiger partial charge in [-0.05, 0) is 30.7 Å². The summed E-state index contributed by atoms with van der Waals surface area (Å²) in [5, 5.41) is 6.64.